The first-order valence-corrected chi connectivity index (χ1v) is 5.90. The lowest BCUT2D eigenvalue weighted by molar-refractivity contribution is 0.680. The Labute approximate surface area is 101 Å². The number of aryl methyl sites for hydroxylation is 1. The molecule has 2 aromatic rings. The Morgan fingerprint density at radius 2 is 1.76 bits per heavy atom. The van der Waals surface area contributed by atoms with E-state index in [9.17, 15) is 0 Å². The number of fused-ring (bicyclic) bond motifs is 1. The Morgan fingerprint density at radius 3 is 2.35 bits per heavy atom. The van der Waals surface area contributed by atoms with Gasteiger partial charge in [-0.05, 0) is 30.9 Å². The van der Waals surface area contributed by atoms with Crippen LogP contribution >= 0.6 is 0 Å². The van der Waals surface area contributed by atoms with Crippen LogP contribution in [0.2, 0.25) is 0 Å². The summed E-state index contributed by atoms with van der Waals surface area (Å²) in [6.07, 6.45) is 2.05. The zero-order valence-electron chi connectivity index (χ0n) is 9.85. The Hall–Kier alpha value is -1.90. The van der Waals surface area contributed by atoms with Crippen LogP contribution in [0.15, 0.2) is 30.3 Å². The number of anilines is 1. The zero-order valence-corrected chi connectivity index (χ0v) is 9.85. The maximum Gasteiger partial charge on any atom is 0.134 e. The van der Waals surface area contributed by atoms with Gasteiger partial charge >= 0.3 is 0 Å². The molecule has 1 heterocycles. The van der Waals surface area contributed by atoms with Gasteiger partial charge in [0, 0.05) is 17.7 Å². The molecular weight excluding hydrogens is 210 g/mol. The summed E-state index contributed by atoms with van der Waals surface area (Å²) in [5, 5.41) is 0. The molecule has 0 radical (unpaired) electrons. The van der Waals surface area contributed by atoms with Gasteiger partial charge in [0.2, 0.25) is 0 Å². The molecule has 0 amide bonds. The molecule has 1 aliphatic rings. The molecule has 0 fully saturated rings. The summed E-state index contributed by atoms with van der Waals surface area (Å²) in [5.41, 5.74) is 9.56. The number of benzene rings is 1. The highest BCUT2D eigenvalue weighted by Gasteiger charge is 2.24. The molecule has 1 aromatic carbocycles. The maximum atomic E-state index is 5.78. The molecular formula is C14H15N3. The summed E-state index contributed by atoms with van der Waals surface area (Å²) < 4.78 is 0. The second-order valence-corrected chi connectivity index (χ2v) is 4.67. The van der Waals surface area contributed by atoms with Crippen LogP contribution < -0.4 is 5.73 Å². The van der Waals surface area contributed by atoms with Crippen molar-refractivity contribution in [3.8, 4) is 0 Å². The lowest BCUT2D eigenvalue weighted by Gasteiger charge is -2.08. The van der Waals surface area contributed by atoms with Crippen LogP contribution in [0.25, 0.3) is 0 Å². The average Bonchev–Trinajstić information content (AvgIpc) is 2.71. The number of rotatable bonds is 1. The number of hydrogen-bond acceptors (Lipinski definition) is 3. The van der Waals surface area contributed by atoms with E-state index in [4.69, 9.17) is 5.73 Å². The molecule has 0 bridgehead atoms. The van der Waals surface area contributed by atoms with Crippen molar-refractivity contribution in [1.82, 2.24) is 9.97 Å². The summed E-state index contributed by atoms with van der Waals surface area (Å²) in [7, 11) is 0. The average molecular weight is 225 g/mol. The lowest BCUT2D eigenvalue weighted by atomic mass is 10.1. The standard InChI is InChI=1S/C14H15N3/c1-9-6-13(15)17-14(16-9)12-7-10-4-2-3-5-11(10)8-12/h2-6,12H,7-8H2,1H3,(H2,15,16,17). The van der Waals surface area contributed by atoms with Gasteiger partial charge in [-0.3, -0.25) is 0 Å². The Morgan fingerprint density at radius 1 is 1.12 bits per heavy atom. The predicted octanol–water partition coefficient (Wildman–Crippen LogP) is 2.25. The highest BCUT2D eigenvalue weighted by molar-refractivity contribution is 5.37. The molecule has 0 aliphatic heterocycles. The van der Waals surface area contributed by atoms with E-state index in [1.54, 1.807) is 0 Å². The summed E-state index contributed by atoms with van der Waals surface area (Å²) in [4.78, 5) is 8.87. The number of nitrogen functional groups attached to an aromatic ring is 1. The monoisotopic (exact) mass is 225 g/mol. The third kappa shape index (κ3) is 1.88. The molecule has 3 heteroatoms. The quantitative estimate of drug-likeness (QED) is 0.809. The minimum atomic E-state index is 0.384. The largest absolute Gasteiger partial charge is 0.384 e. The molecule has 0 saturated carbocycles. The van der Waals surface area contributed by atoms with Crippen molar-refractivity contribution in [2.45, 2.75) is 25.7 Å². The van der Waals surface area contributed by atoms with E-state index in [1.165, 1.54) is 11.1 Å². The van der Waals surface area contributed by atoms with Crippen molar-refractivity contribution in [2.75, 3.05) is 5.73 Å². The van der Waals surface area contributed by atoms with E-state index in [2.05, 4.69) is 34.2 Å². The minimum absolute atomic E-state index is 0.384. The van der Waals surface area contributed by atoms with E-state index in [1.807, 2.05) is 13.0 Å². The van der Waals surface area contributed by atoms with Crippen molar-refractivity contribution in [3.05, 3.63) is 53.0 Å². The van der Waals surface area contributed by atoms with Gasteiger partial charge in [-0.25, -0.2) is 9.97 Å². The maximum absolute atomic E-state index is 5.78. The van der Waals surface area contributed by atoms with E-state index in [-0.39, 0.29) is 0 Å². The molecule has 1 aromatic heterocycles. The van der Waals surface area contributed by atoms with Gasteiger partial charge in [0.1, 0.15) is 11.6 Å². The topological polar surface area (TPSA) is 51.8 Å². The van der Waals surface area contributed by atoms with E-state index < -0.39 is 0 Å². The van der Waals surface area contributed by atoms with Gasteiger partial charge in [-0.1, -0.05) is 24.3 Å². The van der Waals surface area contributed by atoms with Crippen LogP contribution in [0.3, 0.4) is 0 Å². The molecule has 17 heavy (non-hydrogen) atoms. The fraction of sp³-hybridized carbons (Fsp3) is 0.286. The van der Waals surface area contributed by atoms with Crippen LogP contribution in [0.4, 0.5) is 5.82 Å². The SMILES string of the molecule is Cc1cc(N)nc(C2Cc3ccccc3C2)n1. The van der Waals surface area contributed by atoms with Gasteiger partial charge in [0.15, 0.2) is 0 Å². The summed E-state index contributed by atoms with van der Waals surface area (Å²) in [5.74, 6) is 1.84. The van der Waals surface area contributed by atoms with Crippen molar-refractivity contribution < 1.29 is 0 Å². The van der Waals surface area contributed by atoms with E-state index in [0.29, 0.717) is 11.7 Å². The van der Waals surface area contributed by atoms with Crippen LogP contribution in [-0.4, -0.2) is 9.97 Å². The van der Waals surface area contributed by atoms with Crippen LogP contribution in [0.5, 0.6) is 0 Å². The van der Waals surface area contributed by atoms with Crippen molar-refractivity contribution in [1.29, 1.82) is 0 Å². The van der Waals surface area contributed by atoms with Gasteiger partial charge < -0.3 is 5.73 Å². The molecule has 0 unspecified atom stereocenters. The highest BCUT2D eigenvalue weighted by Crippen LogP contribution is 2.32. The Bertz CT molecular complexity index is 518. The van der Waals surface area contributed by atoms with Gasteiger partial charge in [-0.15, -0.1) is 0 Å². The van der Waals surface area contributed by atoms with Crippen LogP contribution in [0, 0.1) is 6.92 Å². The molecule has 0 atom stereocenters. The summed E-state index contributed by atoms with van der Waals surface area (Å²) in [6.45, 7) is 1.96. The van der Waals surface area contributed by atoms with Gasteiger partial charge in [-0.2, -0.15) is 0 Å². The third-order valence-electron chi connectivity index (χ3n) is 3.31. The normalized spacial score (nSPS) is 14.9. The first-order valence-electron chi connectivity index (χ1n) is 5.90. The van der Waals surface area contributed by atoms with E-state index in [0.717, 1.165) is 24.4 Å². The fourth-order valence-corrected chi connectivity index (χ4v) is 2.54. The Kier molecular flexibility index (Phi) is 2.32. The number of aromatic nitrogens is 2. The zero-order chi connectivity index (χ0) is 11.8. The van der Waals surface area contributed by atoms with Crippen molar-refractivity contribution in [3.63, 3.8) is 0 Å². The molecule has 86 valence electrons. The Balaban J connectivity index is 1.93. The summed E-state index contributed by atoms with van der Waals surface area (Å²) >= 11 is 0. The predicted molar refractivity (Wildman–Crippen MR) is 67.8 cm³/mol. The number of nitrogens with zero attached hydrogens (tertiary/aromatic N) is 2. The van der Waals surface area contributed by atoms with Crippen LogP contribution in [0.1, 0.15) is 28.6 Å². The second-order valence-electron chi connectivity index (χ2n) is 4.67. The lowest BCUT2D eigenvalue weighted by Crippen LogP contribution is -2.07. The molecule has 2 N–H and O–H groups in total. The molecule has 1 aliphatic carbocycles. The summed E-state index contributed by atoms with van der Waals surface area (Å²) in [6, 6.07) is 10.4. The molecule has 3 nitrogen and oxygen atoms in total. The van der Waals surface area contributed by atoms with E-state index >= 15 is 0 Å². The van der Waals surface area contributed by atoms with Crippen molar-refractivity contribution >= 4 is 5.82 Å². The second kappa shape index (κ2) is 3.84. The minimum Gasteiger partial charge on any atom is -0.384 e. The smallest absolute Gasteiger partial charge is 0.134 e. The third-order valence-corrected chi connectivity index (χ3v) is 3.31. The molecule has 0 saturated heterocycles. The first-order chi connectivity index (χ1) is 8.22. The highest BCUT2D eigenvalue weighted by atomic mass is 14.9. The fourth-order valence-electron chi connectivity index (χ4n) is 2.54. The van der Waals surface area contributed by atoms with Gasteiger partial charge in [0.05, 0.1) is 0 Å². The number of hydrogen-bond donors (Lipinski definition) is 1. The van der Waals surface area contributed by atoms with Gasteiger partial charge in [0.25, 0.3) is 0 Å². The molecule has 3 rings (SSSR count). The molecule has 0 spiro atoms. The van der Waals surface area contributed by atoms with Crippen molar-refractivity contribution in [2.24, 2.45) is 0 Å². The first kappa shape index (κ1) is 10.3. The van der Waals surface area contributed by atoms with Crippen LogP contribution in [-0.2, 0) is 12.8 Å². The number of nitrogens with two attached hydrogens (primary N) is 1.